The van der Waals surface area contributed by atoms with Crippen LogP contribution in [0.15, 0.2) is 18.5 Å². The molecule has 0 fully saturated rings. The van der Waals surface area contributed by atoms with Gasteiger partial charge in [-0.3, -0.25) is 4.98 Å². The average Bonchev–Trinajstić information content (AvgIpc) is 2.01. The lowest BCUT2D eigenvalue weighted by atomic mass is 10.2. The number of hydrogen-bond acceptors (Lipinski definition) is 4. The standard InChI is InChI=1S/C8H10FNO3S/c1-14(12,13)5-8(11)6-2-3-10-4-7(6)9/h2-4,8,11H,5H2,1H3. The first-order valence-electron chi connectivity index (χ1n) is 3.85. The minimum Gasteiger partial charge on any atom is -0.387 e. The van der Waals surface area contributed by atoms with E-state index in [1.165, 1.54) is 12.3 Å². The van der Waals surface area contributed by atoms with Gasteiger partial charge in [-0.2, -0.15) is 0 Å². The Morgan fingerprint density at radius 1 is 1.64 bits per heavy atom. The fraction of sp³-hybridized carbons (Fsp3) is 0.375. The highest BCUT2D eigenvalue weighted by atomic mass is 32.2. The van der Waals surface area contributed by atoms with Crippen LogP contribution in [0.3, 0.4) is 0 Å². The van der Waals surface area contributed by atoms with Crippen LogP contribution in [0, 0.1) is 5.82 Å². The van der Waals surface area contributed by atoms with E-state index in [0.717, 1.165) is 12.5 Å². The van der Waals surface area contributed by atoms with Crippen molar-refractivity contribution in [1.82, 2.24) is 4.98 Å². The van der Waals surface area contributed by atoms with Gasteiger partial charge in [0.1, 0.15) is 15.7 Å². The van der Waals surface area contributed by atoms with Crippen LogP contribution < -0.4 is 0 Å². The molecule has 0 bridgehead atoms. The first-order valence-corrected chi connectivity index (χ1v) is 5.91. The molecule has 0 aliphatic rings. The molecule has 1 heterocycles. The molecule has 1 aromatic heterocycles. The zero-order chi connectivity index (χ0) is 10.8. The highest BCUT2D eigenvalue weighted by Crippen LogP contribution is 2.16. The van der Waals surface area contributed by atoms with Crippen molar-refractivity contribution in [2.75, 3.05) is 12.0 Å². The molecule has 0 saturated carbocycles. The van der Waals surface area contributed by atoms with Gasteiger partial charge in [0.15, 0.2) is 0 Å². The molecular weight excluding hydrogens is 209 g/mol. The number of nitrogens with zero attached hydrogens (tertiary/aromatic N) is 1. The molecule has 0 aliphatic heterocycles. The summed E-state index contributed by atoms with van der Waals surface area (Å²) in [7, 11) is -3.33. The summed E-state index contributed by atoms with van der Waals surface area (Å²) < 4.78 is 34.7. The Morgan fingerprint density at radius 3 is 2.79 bits per heavy atom. The molecule has 0 radical (unpaired) electrons. The van der Waals surface area contributed by atoms with Crippen molar-refractivity contribution in [2.24, 2.45) is 0 Å². The molecule has 0 saturated heterocycles. The number of aliphatic hydroxyl groups excluding tert-OH is 1. The van der Waals surface area contributed by atoms with Crippen LogP contribution in [-0.2, 0) is 9.84 Å². The number of pyridine rings is 1. The predicted octanol–water partition coefficient (Wildman–Crippen LogP) is 0.299. The summed E-state index contributed by atoms with van der Waals surface area (Å²) in [4.78, 5) is 3.49. The van der Waals surface area contributed by atoms with Crippen LogP contribution in [0.5, 0.6) is 0 Å². The molecule has 1 rings (SSSR count). The second kappa shape index (κ2) is 4.02. The zero-order valence-electron chi connectivity index (χ0n) is 7.51. The highest BCUT2D eigenvalue weighted by molar-refractivity contribution is 7.90. The Bertz CT molecular complexity index is 418. The lowest BCUT2D eigenvalue weighted by Crippen LogP contribution is -2.14. The fourth-order valence-electron chi connectivity index (χ4n) is 1.03. The fourth-order valence-corrected chi connectivity index (χ4v) is 1.79. The van der Waals surface area contributed by atoms with E-state index in [4.69, 9.17) is 0 Å². The first-order chi connectivity index (χ1) is 6.40. The number of hydrogen-bond donors (Lipinski definition) is 1. The third-order valence-corrected chi connectivity index (χ3v) is 2.54. The maximum atomic E-state index is 13.0. The molecule has 1 aromatic rings. The smallest absolute Gasteiger partial charge is 0.150 e. The van der Waals surface area contributed by atoms with E-state index < -0.39 is 27.5 Å². The Morgan fingerprint density at radius 2 is 2.29 bits per heavy atom. The van der Waals surface area contributed by atoms with Crippen LogP contribution >= 0.6 is 0 Å². The largest absolute Gasteiger partial charge is 0.387 e. The van der Waals surface area contributed by atoms with Crippen molar-refractivity contribution in [3.63, 3.8) is 0 Å². The summed E-state index contributed by atoms with van der Waals surface area (Å²) in [6.07, 6.45) is 1.87. The second-order valence-corrected chi connectivity index (χ2v) is 5.19. The summed E-state index contributed by atoms with van der Waals surface area (Å²) >= 11 is 0. The monoisotopic (exact) mass is 219 g/mol. The third-order valence-electron chi connectivity index (χ3n) is 1.62. The number of rotatable bonds is 3. The molecule has 14 heavy (non-hydrogen) atoms. The lowest BCUT2D eigenvalue weighted by molar-refractivity contribution is 0.196. The molecule has 78 valence electrons. The Labute approximate surface area is 81.3 Å². The Balaban J connectivity index is 2.90. The predicted molar refractivity (Wildman–Crippen MR) is 48.9 cm³/mol. The van der Waals surface area contributed by atoms with Gasteiger partial charge < -0.3 is 5.11 Å². The van der Waals surface area contributed by atoms with Crippen LogP contribution in [0.1, 0.15) is 11.7 Å². The number of aliphatic hydroxyl groups is 1. The van der Waals surface area contributed by atoms with Crippen molar-refractivity contribution in [3.05, 3.63) is 29.8 Å². The molecule has 0 spiro atoms. The van der Waals surface area contributed by atoms with E-state index in [1.807, 2.05) is 0 Å². The SMILES string of the molecule is CS(=O)(=O)CC(O)c1ccncc1F. The number of aromatic nitrogens is 1. The summed E-state index contributed by atoms with van der Waals surface area (Å²) in [5.74, 6) is -1.20. The van der Waals surface area contributed by atoms with E-state index in [-0.39, 0.29) is 5.56 Å². The van der Waals surface area contributed by atoms with Gasteiger partial charge in [-0.05, 0) is 6.07 Å². The highest BCUT2D eigenvalue weighted by Gasteiger charge is 2.17. The van der Waals surface area contributed by atoms with Crippen molar-refractivity contribution in [3.8, 4) is 0 Å². The molecule has 0 aromatic carbocycles. The average molecular weight is 219 g/mol. The van der Waals surface area contributed by atoms with E-state index >= 15 is 0 Å². The molecule has 1 atom stereocenters. The van der Waals surface area contributed by atoms with Crippen LogP contribution in [0.4, 0.5) is 4.39 Å². The van der Waals surface area contributed by atoms with Gasteiger partial charge in [0.05, 0.1) is 18.1 Å². The van der Waals surface area contributed by atoms with E-state index in [2.05, 4.69) is 4.98 Å². The molecule has 1 unspecified atom stereocenters. The normalized spacial score (nSPS) is 13.9. The molecule has 0 aliphatic carbocycles. The Kier molecular flexibility index (Phi) is 3.17. The first kappa shape index (κ1) is 11.1. The molecule has 6 heteroatoms. The quantitative estimate of drug-likeness (QED) is 0.793. The summed E-state index contributed by atoms with van der Waals surface area (Å²) in [6, 6.07) is 1.26. The summed E-state index contributed by atoms with van der Waals surface area (Å²) in [6.45, 7) is 0. The van der Waals surface area contributed by atoms with Gasteiger partial charge >= 0.3 is 0 Å². The number of sulfone groups is 1. The van der Waals surface area contributed by atoms with Gasteiger partial charge in [0.2, 0.25) is 0 Å². The number of halogens is 1. The third kappa shape index (κ3) is 3.04. The van der Waals surface area contributed by atoms with Gasteiger partial charge in [0, 0.05) is 18.0 Å². The maximum absolute atomic E-state index is 13.0. The van der Waals surface area contributed by atoms with Crippen molar-refractivity contribution in [2.45, 2.75) is 6.10 Å². The molecular formula is C8H10FNO3S. The van der Waals surface area contributed by atoms with E-state index in [0.29, 0.717) is 0 Å². The van der Waals surface area contributed by atoms with Gasteiger partial charge in [-0.15, -0.1) is 0 Å². The van der Waals surface area contributed by atoms with Gasteiger partial charge in [-0.25, -0.2) is 12.8 Å². The molecule has 4 nitrogen and oxygen atoms in total. The van der Waals surface area contributed by atoms with Crippen LogP contribution in [-0.4, -0.2) is 30.5 Å². The maximum Gasteiger partial charge on any atom is 0.150 e. The van der Waals surface area contributed by atoms with Crippen LogP contribution in [0.25, 0.3) is 0 Å². The molecule has 0 amide bonds. The van der Waals surface area contributed by atoms with Crippen molar-refractivity contribution >= 4 is 9.84 Å². The van der Waals surface area contributed by atoms with Crippen LogP contribution in [0.2, 0.25) is 0 Å². The summed E-state index contributed by atoms with van der Waals surface area (Å²) in [5.41, 5.74) is -0.0505. The minimum atomic E-state index is -3.33. The van der Waals surface area contributed by atoms with Crippen molar-refractivity contribution < 1.29 is 17.9 Å². The summed E-state index contributed by atoms with van der Waals surface area (Å²) in [5, 5.41) is 9.39. The Hall–Kier alpha value is -1.01. The van der Waals surface area contributed by atoms with Crippen molar-refractivity contribution in [1.29, 1.82) is 0 Å². The van der Waals surface area contributed by atoms with Gasteiger partial charge in [0.25, 0.3) is 0 Å². The molecule has 1 N–H and O–H groups in total. The lowest BCUT2D eigenvalue weighted by Gasteiger charge is -2.09. The second-order valence-electron chi connectivity index (χ2n) is 3.01. The van der Waals surface area contributed by atoms with E-state index in [9.17, 15) is 17.9 Å². The van der Waals surface area contributed by atoms with E-state index in [1.54, 1.807) is 0 Å². The zero-order valence-corrected chi connectivity index (χ0v) is 8.33. The topological polar surface area (TPSA) is 67.3 Å². The van der Waals surface area contributed by atoms with Gasteiger partial charge in [-0.1, -0.05) is 0 Å². The minimum absolute atomic E-state index is 0.0505.